The standard InChI is InChI=1S/C12H10FN.CH2O2/c13-11-5-3-4-10(8-11)9-12-6-1-2-7-14-12;2-1-3/h1-8H,9H2;1H,(H,2,3). The van der Waals surface area contributed by atoms with Gasteiger partial charge in [0.1, 0.15) is 5.82 Å². The van der Waals surface area contributed by atoms with Gasteiger partial charge in [-0.15, -0.1) is 0 Å². The minimum absolute atomic E-state index is 0.196. The molecule has 0 amide bonds. The van der Waals surface area contributed by atoms with Gasteiger partial charge in [0.2, 0.25) is 0 Å². The van der Waals surface area contributed by atoms with Crippen molar-refractivity contribution in [3.63, 3.8) is 0 Å². The molecule has 0 bridgehead atoms. The highest BCUT2D eigenvalue weighted by atomic mass is 19.1. The maximum atomic E-state index is 12.8. The number of aromatic nitrogens is 1. The van der Waals surface area contributed by atoms with Gasteiger partial charge in [-0.1, -0.05) is 18.2 Å². The highest BCUT2D eigenvalue weighted by Crippen LogP contribution is 2.08. The van der Waals surface area contributed by atoms with E-state index in [1.165, 1.54) is 12.1 Å². The fraction of sp³-hybridized carbons (Fsp3) is 0.0769. The molecule has 0 spiro atoms. The van der Waals surface area contributed by atoms with Crippen LogP contribution in [-0.4, -0.2) is 16.6 Å². The van der Waals surface area contributed by atoms with Crippen LogP contribution in [0.25, 0.3) is 0 Å². The summed E-state index contributed by atoms with van der Waals surface area (Å²) in [5, 5.41) is 6.89. The summed E-state index contributed by atoms with van der Waals surface area (Å²) in [6.07, 6.45) is 2.42. The molecule has 0 unspecified atom stereocenters. The molecule has 0 saturated carbocycles. The average molecular weight is 233 g/mol. The molecule has 2 rings (SSSR count). The van der Waals surface area contributed by atoms with Crippen LogP contribution in [0.15, 0.2) is 48.7 Å². The first-order valence-electron chi connectivity index (χ1n) is 4.98. The van der Waals surface area contributed by atoms with Crippen molar-refractivity contribution < 1.29 is 14.3 Å². The van der Waals surface area contributed by atoms with E-state index < -0.39 is 0 Å². The van der Waals surface area contributed by atoms with Gasteiger partial charge in [0.05, 0.1) is 0 Å². The Morgan fingerprint density at radius 1 is 1.24 bits per heavy atom. The first kappa shape index (κ1) is 12.8. The van der Waals surface area contributed by atoms with Crippen molar-refractivity contribution in [2.24, 2.45) is 0 Å². The van der Waals surface area contributed by atoms with Crippen molar-refractivity contribution in [3.8, 4) is 0 Å². The molecule has 17 heavy (non-hydrogen) atoms. The van der Waals surface area contributed by atoms with Crippen molar-refractivity contribution in [1.82, 2.24) is 4.98 Å². The zero-order valence-electron chi connectivity index (χ0n) is 9.08. The van der Waals surface area contributed by atoms with Gasteiger partial charge >= 0.3 is 0 Å². The molecule has 88 valence electrons. The Morgan fingerprint density at radius 2 is 2.00 bits per heavy atom. The predicted octanol–water partition coefficient (Wildman–Crippen LogP) is 2.51. The van der Waals surface area contributed by atoms with E-state index in [2.05, 4.69) is 4.98 Å². The Bertz CT molecular complexity index is 460. The second-order valence-corrected chi connectivity index (χ2v) is 3.23. The van der Waals surface area contributed by atoms with Crippen molar-refractivity contribution in [2.45, 2.75) is 6.42 Å². The summed E-state index contributed by atoms with van der Waals surface area (Å²) in [4.78, 5) is 12.5. The lowest BCUT2D eigenvalue weighted by Gasteiger charge is -2.00. The minimum Gasteiger partial charge on any atom is -0.483 e. The van der Waals surface area contributed by atoms with Crippen LogP contribution in [0.5, 0.6) is 0 Å². The summed E-state index contributed by atoms with van der Waals surface area (Å²) >= 11 is 0. The minimum atomic E-state index is -0.250. The van der Waals surface area contributed by atoms with Crippen molar-refractivity contribution in [3.05, 3.63) is 65.7 Å². The molecule has 1 aromatic heterocycles. The molecule has 0 aliphatic heterocycles. The number of pyridine rings is 1. The highest BCUT2D eigenvalue weighted by molar-refractivity contribution is 5.32. The third kappa shape index (κ3) is 4.88. The number of nitrogens with zero attached hydrogens (tertiary/aromatic N) is 1. The molecular formula is C13H12FNO2. The lowest BCUT2D eigenvalue weighted by molar-refractivity contribution is -0.122. The lowest BCUT2D eigenvalue weighted by atomic mass is 10.1. The summed E-state index contributed by atoms with van der Waals surface area (Å²) in [6, 6.07) is 12.3. The molecule has 3 nitrogen and oxygen atoms in total. The van der Waals surface area contributed by atoms with Gasteiger partial charge in [0.25, 0.3) is 6.47 Å². The SMILES string of the molecule is Fc1cccc(Cc2ccccn2)c1.O=CO. The second-order valence-electron chi connectivity index (χ2n) is 3.23. The number of hydrogen-bond donors (Lipinski definition) is 1. The van der Waals surface area contributed by atoms with Crippen LogP contribution >= 0.6 is 0 Å². The third-order valence-electron chi connectivity index (χ3n) is 2.00. The number of rotatable bonds is 2. The Balaban J connectivity index is 0.000000437. The third-order valence-corrected chi connectivity index (χ3v) is 2.00. The largest absolute Gasteiger partial charge is 0.483 e. The van der Waals surface area contributed by atoms with Crippen LogP contribution in [0.4, 0.5) is 4.39 Å². The molecule has 0 aliphatic carbocycles. The van der Waals surface area contributed by atoms with Gasteiger partial charge < -0.3 is 5.11 Å². The van der Waals surface area contributed by atoms with Gasteiger partial charge in [-0.2, -0.15) is 0 Å². The molecule has 2 aromatic rings. The average Bonchev–Trinajstić information content (AvgIpc) is 2.31. The summed E-state index contributed by atoms with van der Waals surface area (Å²) in [6.45, 7) is -0.250. The van der Waals surface area contributed by atoms with Crippen molar-refractivity contribution in [1.29, 1.82) is 0 Å². The van der Waals surface area contributed by atoms with Gasteiger partial charge in [-0.05, 0) is 29.8 Å². The zero-order chi connectivity index (χ0) is 12.5. The molecule has 0 fully saturated rings. The van der Waals surface area contributed by atoms with Crippen molar-refractivity contribution in [2.75, 3.05) is 0 Å². The van der Waals surface area contributed by atoms with Crippen LogP contribution in [-0.2, 0) is 11.2 Å². The molecule has 1 N–H and O–H groups in total. The Morgan fingerprint density at radius 3 is 2.59 bits per heavy atom. The summed E-state index contributed by atoms with van der Waals surface area (Å²) in [5.74, 6) is -0.196. The number of carbonyl (C=O) groups is 1. The Labute approximate surface area is 98.6 Å². The molecule has 1 aromatic carbocycles. The Kier molecular flexibility index (Phi) is 5.37. The van der Waals surface area contributed by atoms with Gasteiger partial charge in [-0.3, -0.25) is 9.78 Å². The smallest absolute Gasteiger partial charge is 0.290 e. The fourth-order valence-electron chi connectivity index (χ4n) is 1.36. The summed E-state index contributed by atoms with van der Waals surface area (Å²) < 4.78 is 12.8. The molecule has 0 saturated heterocycles. The van der Waals surface area contributed by atoms with E-state index in [-0.39, 0.29) is 12.3 Å². The zero-order valence-corrected chi connectivity index (χ0v) is 9.08. The molecule has 1 heterocycles. The van der Waals surface area contributed by atoms with Gasteiger partial charge in [0, 0.05) is 18.3 Å². The summed E-state index contributed by atoms with van der Waals surface area (Å²) in [5.41, 5.74) is 1.90. The molecule has 0 atom stereocenters. The quantitative estimate of drug-likeness (QED) is 0.811. The molecular weight excluding hydrogens is 221 g/mol. The van der Waals surface area contributed by atoms with Gasteiger partial charge in [-0.25, -0.2) is 4.39 Å². The number of carboxylic acid groups (broad SMARTS) is 1. The maximum absolute atomic E-state index is 12.8. The van der Waals surface area contributed by atoms with E-state index in [4.69, 9.17) is 9.90 Å². The topological polar surface area (TPSA) is 50.2 Å². The first-order valence-corrected chi connectivity index (χ1v) is 4.98. The summed E-state index contributed by atoms with van der Waals surface area (Å²) in [7, 11) is 0. The van der Waals surface area contributed by atoms with Crippen molar-refractivity contribution >= 4 is 6.47 Å². The number of hydrogen-bond acceptors (Lipinski definition) is 2. The van der Waals surface area contributed by atoms with E-state index in [0.29, 0.717) is 6.42 Å². The van der Waals surface area contributed by atoms with E-state index in [1.54, 1.807) is 12.3 Å². The van der Waals surface area contributed by atoms with E-state index in [1.807, 2.05) is 24.3 Å². The fourth-order valence-corrected chi connectivity index (χ4v) is 1.36. The lowest BCUT2D eigenvalue weighted by Crippen LogP contribution is -1.91. The monoisotopic (exact) mass is 233 g/mol. The number of benzene rings is 1. The normalized spacial score (nSPS) is 9.00. The second kappa shape index (κ2) is 7.11. The van der Waals surface area contributed by atoms with Crippen LogP contribution in [0.1, 0.15) is 11.3 Å². The van der Waals surface area contributed by atoms with Crippen LogP contribution in [0, 0.1) is 5.82 Å². The van der Waals surface area contributed by atoms with Crippen LogP contribution in [0.2, 0.25) is 0 Å². The first-order chi connectivity index (χ1) is 8.26. The van der Waals surface area contributed by atoms with E-state index in [0.717, 1.165) is 11.3 Å². The molecule has 4 heteroatoms. The predicted molar refractivity (Wildman–Crippen MR) is 62.1 cm³/mol. The van der Waals surface area contributed by atoms with Gasteiger partial charge in [0.15, 0.2) is 0 Å². The van der Waals surface area contributed by atoms with Crippen LogP contribution < -0.4 is 0 Å². The molecule has 0 radical (unpaired) electrons. The highest BCUT2D eigenvalue weighted by Gasteiger charge is 1.97. The number of halogens is 1. The molecule has 0 aliphatic rings. The van der Waals surface area contributed by atoms with E-state index >= 15 is 0 Å². The Hall–Kier alpha value is -2.23. The maximum Gasteiger partial charge on any atom is 0.290 e. The van der Waals surface area contributed by atoms with E-state index in [9.17, 15) is 4.39 Å². The van der Waals surface area contributed by atoms with Crippen LogP contribution in [0.3, 0.4) is 0 Å².